The Morgan fingerprint density at radius 1 is 1.12 bits per heavy atom. The third kappa shape index (κ3) is 3.28. The zero-order valence-corrected chi connectivity index (χ0v) is 14.2. The lowest BCUT2D eigenvalue weighted by molar-refractivity contribution is -0.124. The fourth-order valence-electron chi connectivity index (χ4n) is 4.53. The fourth-order valence-corrected chi connectivity index (χ4v) is 4.53. The molecular weight excluding hydrogens is 300 g/mol. The summed E-state index contributed by atoms with van der Waals surface area (Å²) < 4.78 is 0. The van der Waals surface area contributed by atoms with E-state index in [0.29, 0.717) is 17.9 Å². The maximum absolute atomic E-state index is 12.6. The van der Waals surface area contributed by atoms with Crippen LogP contribution in [-0.4, -0.2) is 37.6 Å². The van der Waals surface area contributed by atoms with Gasteiger partial charge in [0.1, 0.15) is 6.04 Å². The molecule has 1 amide bonds. The van der Waals surface area contributed by atoms with E-state index in [1.807, 2.05) is 0 Å². The first-order valence-corrected chi connectivity index (χ1v) is 9.40. The van der Waals surface area contributed by atoms with Gasteiger partial charge in [0, 0.05) is 37.3 Å². The summed E-state index contributed by atoms with van der Waals surface area (Å²) in [4.78, 5) is 15.0. The fraction of sp³-hybridized carbons (Fsp3) is 0.632. The Bertz CT molecular complexity index is 564. The van der Waals surface area contributed by atoms with Crippen LogP contribution in [0.1, 0.15) is 32.1 Å². The van der Waals surface area contributed by atoms with Gasteiger partial charge in [-0.3, -0.25) is 10.2 Å². The monoisotopic (exact) mass is 328 g/mol. The highest BCUT2D eigenvalue weighted by molar-refractivity contribution is 5.82. The number of hydrogen-bond acceptors (Lipinski definition) is 4. The number of hydrazine groups is 1. The van der Waals surface area contributed by atoms with Crippen molar-refractivity contribution in [2.24, 2.45) is 11.8 Å². The van der Waals surface area contributed by atoms with Crippen LogP contribution in [0.2, 0.25) is 0 Å². The van der Waals surface area contributed by atoms with Gasteiger partial charge >= 0.3 is 0 Å². The molecule has 0 aromatic heterocycles. The van der Waals surface area contributed by atoms with E-state index >= 15 is 0 Å². The third-order valence-corrected chi connectivity index (χ3v) is 5.93. The second-order valence-electron chi connectivity index (χ2n) is 7.50. The van der Waals surface area contributed by atoms with Crippen LogP contribution < -0.4 is 21.1 Å². The number of para-hydroxylation sites is 1. The molecule has 3 aliphatic rings. The lowest BCUT2D eigenvalue weighted by Gasteiger charge is -2.26. The van der Waals surface area contributed by atoms with Crippen LogP contribution in [0.25, 0.3) is 0 Å². The van der Waals surface area contributed by atoms with Gasteiger partial charge in [-0.2, -0.15) is 0 Å². The highest BCUT2D eigenvalue weighted by Crippen LogP contribution is 2.30. The van der Waals surface area contributed by atoms with Gasteiger partial charge in [-0.1, -0.05) is 31.0 Å². The Kier molecular flexibility index (Phi) is 4.72. The minimum atomic E-state index is -0.0538. The Morgan fingerprint density at radius 2 is 1.96 bits per heavy atom. The second-order valence-corrected chi connectivity index (χ2v) is 7.50. The molecule has 130 valence electrons. The molecule has 4 atom stereocenters. The van der Waals surface area contributed by atoms with E-state index in [4.69, 9.17) is 0 Å². The number of fused-ring (bicyclic) bond motifs is 1. The summed E-state index contributed by atoms with van der Waals surface area (Å²) in [7, 11) is 0. The molecule has 3 N–H and O–H groups in total. The molecule has 5 heteroatoms. The van der Waals surface area contributed by atoms with Crippen molar-refractivity contribution in [2.45, 2.75) is 44.2 Å². The molecule has 0 bridgehead atoms. The average Bonchev–Trinajstić information content (AvgIpc) is 3.27. The summed E-state index contributed by atoms with van der Waals surface area (Å²) in [6, 6.07) is 11.0. The summed E-state index contributed by atoms with van der Waals surface area (Å²) in [6.07, 6.45) is 6.03. The van der Waals surface area contributed by atoms with Crippen molar-refractivity contribution in [3.63, 3.8) is 0 Å². The van der Waals surface area contributed by atoms with Crippen LogP contribution in [0.4, 0.5) is 5.69 Å². The molecule has 1 aromatic rings. The maximum Gasteiger partial charge on any atom is 0.238 e. The van der Waals surface area contributed by atoms with E-state index in [1.165, 1.54) is 24.9 Å². The van der Waals surface area contributed by atoms with Gasteiger partial charge in [-0.15, -0.1) is 0 Å². The molecule has 0 spiro atoms. The van der Waals surface area contributed by atoms with E-state index in [-0.39, 0.29) is 11.9 Å². The van der Waals surface area contributed by atoms with E-state index in [0.717, 1.165) is 32.5 Å². The van der Waals surface area contributed by atoms with Gasteiger partial charge in [-0.05, 0) is 37.3 Å². The Labute approximate surface area is 144 Å². The van der Waals surface area contributed by atoms with Crippen molar-refractivity contribution in [3.8, 4) is 0 Å². The molecule has 2 aliphatic heterocycles. The molecule has 1 saturated carbocycles. The molecular formula is C19H28N4O. The number of rotatable bonds is 4. The van der Waals surface area contributed by atoms with Crippen molar-refractivity contribution in [1.82, 2.24) is 16.2 Å². The molecule has 4 rings (SSSR count). The van der Waals surface area contributed by atoms with Crippen LogP contribution in [0, 0.1) is 11.8 Å². The number of hydrogen-bond donors (Lipinski definition) is 3. The Balaban J connectivity index is 1.26. The lowest BCUT2D eigenvalue weighted by Crippen LogP contribution is -2.47. The third-order valence-electron chi connectivity index (χ3n) is 5.93. The molecule has 2 heterocycles. The zero-order valence-electron chi connectivity index (χ0n) is 14.2. The first kappa shape index (κ1) is 15.9. The van der Waals surface area contributed by atoms with Gasteiger partial charge < -0.3 is 10.2 Å². The normalized spacial score (nSPS) is 32.6. The van der Waals surface area contributed by atoms with Gasteiger partial charge in [0.05, 0.1) is 0 Å². The van der Waals surface area contributed by atoms with Crippen LogP contribution in [-0.2, 0) is 4.79 Å². The van der Waals surface area contributed by atoms with Gasteiger partial charge in [0.25, 0.3) is 0 Å². The molecule has 2 saturated heterocycles. The SMILES string of the molecule is O=C(NCC1CCN(c2ccccc2)C1)C1NNC2CCCCC21. The predicted molar refractivity (Wildman–Crippen MR) is 95.6 cm³/mol. The lowest BCUT2D eigenvalue weighted by atomic mass is 9.81. The standard InChI is InChI=1S/C19H28N4O/c24-19(18-16-8-4-5-9-17(16)21-22-18)20-12-14-10-11-23(13-14)15-6-2-1-3-7-15/h1-3,6-7,14,16-18,21-22H,4-5,8-13H2,(H,20,24). The first-order chi connectivity index (χ1) is 11.8. The number of carbonyl (C=O) groups excluding carboxylic acids is 1. The van der Waals surface area contributed by atoms with Gasteiger partial charge in [0.2, 0.25) is 5.91 Å². The number of benzene rings is 1. The van der Waals surface area contributed by atoms with Crippen molar-refractivity contribution in [3.05, 3.63) is 30.3 Å². The van der Waals surface area contributed by atoms with Crippen molar-refractivity contribution in [2.75, 3.05) is 24.5 Å². The predicted octanol–water partition coefficient (Wildman–Crippen LogP) is 1.66. The molecule has 0 radical (unpaired) electrons. The molecule has 3 fully saturated rings. The zero-order chi connectivity index (χ0) is 16.4. The quantitative estimate of drug-likeness (QED) is 0.787. The van der Waals surface area contributed by atoms with E-state index < -0.39 is 0 Å². The summed E-state index contributed by atoms with van der Waals surface area (Å²) in [5.74, 6) is 1.18. The summed E-state index contributed by atoms with van der Waals surface area (Å²) in [5.41, 5.74) is 7.85. The van der Waals surface area contributed by atoms with E-state index in [2.05, 4.69) is 51.4 Å². The summed E-state index contributed by atoms with van der Waals surface area (Å²) in [5, 5.41) is 3.20. The Hall–Kier alpha value is -1.59. The molecule has 1 aromatic carbocycles. The van der Waals surface area contributed by atoms with Crippen LogP contribution in [0.15, 0.2) is 30.3 Å². The highest BCUT2D eigenvalue weighted by atomic mass is 16.2. The molecule has 4 unspecified atom stereocenters. The number of amides is 1. The molecule has 5 nitrogen and oxygen atoms in total. The highest BCUT2D eigenvalue weighted by Gasteiger charge is 2.41. The largest absolute Gasteiger partial charge is 0.371 e. The number of nitrogens with zero attached hydrogens (tertiary/aromatic N) is 1. The number of carbonyl (C=O) groups is 1. The smallest absolute Gasteiger partial charge is 0.238 e. The molecule has 24 heavy (non-hydrogen) atoms. The maximum atomic E-state index is 12.6. The summed E-state index contributed by atoms with van der Waals surface area (Å²) in [6.45, 7) is 2.91. The average molecular weight is 328 g/mol. The Morgan fingerprint density at radius 3 is 2.83 bits per heavy atom. The van der Waals surface area contributed by atoms with E-state index in [9.17, 15) is 4.79 Å². The number of nitrogens with one attached hydrogen (secondary N) is 3. The first-order valence-electron chi connectivity index (χ1n) is 9.40. The van der Waals surface area contributed by atoms with Crippen LogP contribution in [0.5, 0.6) is 0 Å². The van der Waals surface area contributed by atoms with Gasteiger partial charge in [0.15, 0.2) is 0 Å². The number of anilines is 1. The molecule has 1 aliphatic carbocycles. The minimum absolute atomic E-state index is 0.0538. The second kappa shape index (κ2) is 7.11. The van der Waals surface area contributed by atoms with E-state index in [1.54, 1.807) is 0 Å². The minimum Gasteiger partial charge on any atom is -0.371 e. The van der Waals surface area contributed by atoms with Crippen molar-refractivity contribution < 1.29 is 4.79 Å². The van der Waals surface area contributed by atoms with Crippen LogP contribution >= 0.6 is 0 Å². The van der Waals surface area contributed by atoms with Gasteiger partial charge in [-0.25, -0.2) is 5.43 Å². The summed E-state index contributed by atoms with van der Waals surface area (Å²) >= 11 is 0. The van der Waals surface area contributed by atoms with Crippen molar-refractivity contribution in [1.29, 1.82) is 0 Å². The topological polar surface area (TPSA) is 56.4 Å². The van der Waals surface area contributed by atoms with Crippen molar-refractivity contribution >= 4 is 11.6 Å². The van der Waals surface area contributed by atoms with Crippen LogP contribution in [0.3, 0.4) is 0 Å².